The summed E-state index contributed by atoms with van der Waals surface area (Å²) in [6.07, 6.45) is 0.235. The fourth-order valence-electron chi connectivity index (χ4n) is 3.79. The summed E-state index contributed by atoms with van der Waals surface area (Å²) in [4.78, 5) is 17.4. The summed E-state index contributed by atoms with van der Waals surface area (Å²) in [5.41, 5.74) is 5.56. The summed E-state index contributed by atoms with van der Waals surface area (Å²) in [5, 5.41) is 10.3. The number of carboxylic acid groups (broad SMARTS) is 1. The molecule has 1 aromatic heterocycles. The number of nitrogens with zero attached hydrogens (tertiary/aromatic N) is 1. The Labute approximate surface area is 206 Å². The molecule has 6 heteroatoms. The summed E-state index contributed by atoms with van der Waals surface area (Å²) in [6.45, 7) is 13.4. The van der Waals surface area contributed by atoms with E-state index in [1.807, 2.05) is 25.1 Å². The molecule has 0 spiro atoms. The second kappa shape index (κ2) is 11.2. The van der Waals surface area contributed by atoms with E-state index in [4.69, 9.17) is 14.5 Å². The SMILES string of the molecule is CCOC(Cc1ccc(OCCc2nc(-c3ccc(C(C)(C)C)cc3)sc2C)c(C)c1)C(=O)O. The third-order valence-electron chi connectivity index (χ3n) is 5.79. The van der Waals surface area contributed by atoms with Crippen molar-refractivity contribution in [2.75, 3.05) is 13.2 Å². The van der Waals surface area contributed by atoms with E-state index in [-0.39, 0.29) is 5.41 Å². The molecule has 3 rings (SSSR count). The van der Waals surface area contributed by atoms with Crippen molar-refractivity contribution in [1.82, 2.24) is 4.98 Å². The molecular weight excluding hydrogens is 446 g/mol. The van der Waals surface area contributed by atoms with Crippen LogP contribution in [0.5, 0.6) is 5.75 Å². The fourth-order valence-corrected chi connectivity index (χ4v) is 4.75. The topological polar surface area (TPSA) is 68.7 Å². The predicted molar refractivity (Wildman–Crippen MR) is 138 cm³/mol. The number of thiazole rings is 1. The molecule has 1 atom stereocenters. The van der Waals surface area contributed by atoms with Gasteiger partial charge in [-0.1, -0.05) is 57.2 Å². The predicted octanol–water partition coefficient (Wildman–Crippen LogP) is 6.38. The van der Waals surface area contributed by atoms with Gasteiger partial charge >= 0.3 is 5.97 Å². The zero-order valence-electron chi connectivity index (χ0n) is 21.0. The molecule has 0 bridgehead atoms. The Morgan fingerprint density at radius 1 is 1.12 bits per heavy atom. The lowest BCUT2D eigenvalue weighted by molar-refractivity contribution is -0.149. The van der Waals surface area contributed by atoms with Crippen molar-refractivity contribution in [3.8, 4) is 16.3 Å². The van der Waals surface area contributed by atoms with Crippen LogP contribution in [0.1, 0.15) is 55.0 Å². The first-order chi connectivity index (χ1) is 16.1. The van der Waals surface area contributed by atoms with Gasteiger partial charge in [0.05, 0.1) is 12.3 Å². The maximum absolute atomic E-state index is 11.3. The first-order valence-corrected chi connectivity index (χ1v) is 12.5. The van der Waals surface area contributed by atoms with E-state index >= 15 is 0 Å². The molecule has 34 heavy (non-hydrogen) atoms. The van der Waals surface area contributed by atoms with E-state index in [0.29, 0.717) is 19.6 Å². The van der Waals surface area contributed by atoms with E-state index in [2.05, 4.69) is 52.0 Å². The van der Waals surface area contributed by atoms with Crippen LogP contribution in [-0.4, -0.2) is 35.4 Å². The van der Waals surface area contributed by atoms with E-state index in [9.17, 15) is 9.90 Å². The standard InChI is InChI=1S/C28H35NO4S/c1-7-32-25(27(30)31)17-20-8-13-24(18(2)16-20)33-15-14-23-19(3)34-26(29-23)21-9-11-22(12-10-21)28(4,5)6/h8-13,16,25H,7,14-15,17H2,1-6H3,(H,30,31). The summed E-state index contributed by atoms with van der Waals surface area (Å²) < 4.78 is 11.4. The Bertz CT molecular complexity index is 1110. The van der Waals surface area contributed by atoms with Crippen LogP contribution >= 0.6 is 11.3 Å². The van der Waals surface area contributed by atoms with E-state index in [1.54, 1.807) is 18.3 Å². The van der Waals surface area contributed by atoms with Crippen LogP contribution in [0.25, 0.3) is 10.6 Å². The van der Waals surface area contributed by atoms with Gasteiger partial charge in [0.15, 0.2) is 6.10 Å². The number of rotatable bonds is 10. The molecule has 0 aliphatic rings. The zero-order valence-corrected chi connectivity index (χ0v) is 21.8. The van der Waals surface area contributed by atoms with E-state index < -0.39 is 12.1 Å². The maximum Gasteiger partial charge on any atom is 0.333 e. The Hall–Kier alpha value is -2.70. The first-order valence-electron chi connectivity index (χ1n) is 11.7. The van der Waals surface area contributed by atoms with Crippen molar-refractivity contribution in [2.45, 2.75) is 65.9 Å². The molecular formula is C28H35NO4S. The number of carboxylic acids is 1. The summed E-state index contributed by atoms with van der Waals surface area (Å²) in [5.74, 6) is -0.138. The molecule has 1 N–H and O–H groups in total. The molecule has 182 valence electrons. The molecule has 0 fully saturated rings. The van der Waals surface area contributed by atoms with Crippen molar-refractivity contribution in [3.05, 3.63) is 69.7 Å². The number of carbonyl (C=O) groups is 1. The molecule has 0 saturated carbocycles. The van der Waals surface area contributed by atoms with Gasteiger partial charge in [0.1, 0.15) is 10.8 Å². The number of aliphatic carboxylic acids is 1. The molecule has 0 radical (unpaired) electrons. The minimum Gasteiger partial charge on any atom is -0.493 e. The lowest BCUT2D eigenvalue weighted by Gasteiger charge is -2.18. The van der Waals surface area contributed by atoms with Gasteiger partial charge in [0.25, 0.3) is 0 Å². The number of aromatic nitrogens is 1. The normalized spacial score (nSPS) is 12.5. The molecule has 0 aliphatic heterocycles. The lowest BCUT2D eigenvalue weighted by atomic mass is 9.87. The lowest BCUT2D eigenvalue weighted by Crippen LogP contribution is -2.26. The average molecular weight is 482 g/mol. The molecule has 3 aromatic rings. The number of benzene rings is 2. The highest BCUT2D eigenvalue weighted by Crippen LogP contribution is 2.30. The van der Waals surface area contributed by atoms with Crippen molar-refractivity contribution < 1.29 is 19.4 Å². The number of ether oxygens (including phenoxy) is 2. The molecule has 0 amide bonds. The summed E-state index contributed by atoms with van der Waals surface area (Å²) in [7, 11) is 0. The van der Waals surface area contributed by atoms with Crippen LogP contribution in [0.4, 0.5) is 0 Å². The smallest absolute Gasteiger partial charge is 0.333 e. The van der Waals surface area contributed by atoms with Crippen LogP contribution in [0.15, 0.2) is 42.5 Å². The molecule has 1 heterocycles. The highest BCUT2D eigenvalue weighted by Gasteiger charge is 2.19. The molecule has 5 nitrogen and oxygen atoms in total. The third kappa shape index (κ3) is 6.67. The van der Waals surface area contributed by atoms with Gasteiger partial charge in [-0.25, -0.2) is 9.78 Å². The van der Waals surface area contributed by atoms with Gasteiger partial charge in [-0.05, 0) is 48.9 Å². The van der Waals surface area contributed by atoms with Gasteiger partial charge < -0.3 is 14.6 Å². The van der Waals surface area contributed by atoms with Gasteiger partial charge in [0, 0.05) is 29.9 Å². The number of hydrogen-bond acceptors (Lipinski definition) is 5. The van der Waals surface area contributed by atoms with E-state index in [1.165, 1.54) is 10.4 Å². The fraction of sp³-hybridized carbons (Fsp3) is 0.429. The van der Waals surface area contributed by atoms with Crippen LogP contribution in [0.2, 0.25) is 0 Å². The van der Waals surface area contributed by atoms with Crippen molar-refractivity contribution in [2.24, 2.45) is 0 Å². The zero-order chi connectivity index (χ0) is 24.9. The highest BCUT2D eigenvalue weighted by atomic mass is 32.1. The van der Waals surface area contributed by atoms with E-state index in [0.717, 1.165) is 39.6 Å². The Morgan fingerprint density at radius 3 is 2.41 bits per heavy atom. The third-order valence-corrected chi connectivity index (χ3v) is 6.85. The van der Waals surface area contributed by atoms with Crippen LogP contribution in [-0.2, 0) is 27.8 Å². The van der Waals surface area contributed by atoms with Crippen molar-refractivity contribution >= 4 is 17.3 Å². The minimum absolute atomic E-state index is 0.136. The van der Waals surface area contributed by atoms with Crippen LogP contribution < -0.4 is 4.74 Å². The minimum atomic E-state index is -0.942. The maximum atomic E-state index is 11.3. The van der Waals surface area contributed by atoms with Gasteiger partial charge in [-0.15, -0.1) is 11.3 Å². The molecule has 0 aliphatic carbocycles. The van der Waals surface area contributed by atoms with Gasteiger partial charge in [-0.3, -0.25) is 0 Å². The van der Waals surface area contributed by atoms with Crippen molar-refractivity contribution in [1.29, 1.82) is 0 Å². The summed E-state index contributed by atoms with van der Waals surface area (Å²) >= 11 is 1.72. The highest BCUT2D eigenvalue weighted by molar-refractivity contribution is 7.15. The first kappa shape index (κ1) is 25.9. The Morgan fingerprint density at radius 2 is 1.82 bits per heavy atom. The van der Waals surface area contributed by atoms with Crippen LogP contribution in [0.3, 0.4) is 0 Å². The van der Waals surface area contributed by atoms with Crippen LogP contribution in [0, 0.1) is 13.8 Å². The quantitative estimate of drug-likeness (QED) is 0.364. The second-order valence-corrected chi connectivity index (χ2v) is 10.7. The summed E-state index contributed by atoms with van der Waals surface area (Å²) in [6, 6.07) is 14.5. The average Bonchev–Trinajstić information content (AvgIpc) is 3.15. The monoisotopic (exact) mass is 481 g/mol. The molecule has 0 saturated heterocycles. The van der Waals surface area contributed by atoms with Gasteiger partial charge in [-0.2, -0.15) is 0 Å². The Balaban J connectivity index is 1.60. The second-order valence-electron chi connectivity index (χ2n) is 9.53. The van der Waals surface area contributed by atoms with Crippen molar-refractivity contribution in [3.63, 3.8) is 0 Å². The molecule has 1 unspecified atom stereocenters. The number of hydrogen-bond donors (Lipinski definition) is 1. The Kier molecular flexibility index (Phi) is 8.50. The van der Waals surface area contributed by atoms with Gasteiger partial charge in [0.2, 0.25) is 0 Å². The largest absolute Gasteiger partial charge is 0.493 e. The molecule has 2 aromatic carbocycles. The number of aryl methyl sites for hydroxylation is 2.